The lowest BCUT2D eigenvalue weighted by molar-refractivity contribution is -0.143. The standard InChI is InChI=1S/C14H10F3NO/c15-12-8-4-2-6-10(12)9-5-1-3-7-11(9)14(16,17)13(18)19/h1-8H,(H2,18,19). The van der Waals surface area contributed by atoms with Crippen molar-refractivity contribution in [3.63, 3.8) is 0 Å². The number of amides is 1. The lowest BCUT2D eigenvalue weighted by atomic mass is 9.95. The molecule has 0 spiro atoms. The third-order valence-electron chi connectivity index (χ3n) is 2.74. The Hall–Kier alpha value is -2.30. The molecule has 0 unspecified atom stereocenters. The van der Waals surface area contributed by atoms with Crippen molar-refractivity contribution < 1.29 is 18.0 Å². The summed E-state index contributed by atoms with van der Waals surface area (Å²) in [6, 6.07) is 10.7. The van der Waals surface area contributed by atoms with Crippen LogP contribution in [0.2, 0.25) is 0 Å². The van der Waals surface area contributed by atoms with Crippen LogP contribution in [0, 0.1) is 5.82 Å². The predicted octanol–water partition coefficient (Wildman–Crippen LogP) is 3.07. The summed E-state index contributed by atoms with van der Waals surface area (Å²) in [4.78, 5) is 10.9. The molecule has 0 aromatic heterocycles. The molecule has 1 amide bonds. The van der Waals surface area contributed by atoms with Crippen molar-refractivity contribution in [2.24, 2.45) is 5.73 Å². The Bertz CT molecular complexity index is 626. The van der Waals surface area contributed by atoms with E-state index in [4.69, 9.17) is 5.73 Å². The van der Waals surface area contributed by atoms with Crippen LogP contribution in [0.15, 0.2) is 48.5 Å². The van der Waals surface area contributed by atoms with Crippen LogP contribution in [-0.2, 0) is 10.7 Å². The summed E-state index contributed by atoms with van der Waals surface area (Å²) in [5, 5.41) is 0. The fraction of sp³-hybridized carbons (Fsp3) is 0.0714. The second kappa shape index (κ2) is 4.76. The summed E-state index contributed by atoms with van der Waals surface area (Å²) in [7, 11) is 0. The molecule has 0 aliphatic heterocycles. The van der Waals surface area contributed by atoms with Gasteiger partial charge in [-0.1, -0.05) is 42.5 Å². The monoisotopic (exact) mass is 265 g/mol. The summed E-state index contributed by atoms with van der Waals surface area (Å²) in [5.74, 6) is -6.26. The van der Waals surface area contributed by atoms with Gasteiger partial charge in [0, 0.05) is 11.1 Å². The van der Waals surface area contributed by atoms with Gasteiger partial charge in [-0.15, -0.1) is 0 Å². The van der Waals surface area contributed by atoms with Gasteiger partial charge in [0.05, 0.1) is 0 Å². The smallest absolute Gasteiger partial charge is 0.350 e. The maximum absolute atomic E-state index is 13.8. The Morgan fingerprint density at radius 1 is 0.947 bits per heavy atom. The molecular formula is C14H10F3NO. The molecule has 2 N–H and O–H groups in total. The van der Waals surface area contributed by atoms with Gasteiger partial charge in [-0.25, -0.2) is 4.39 Å². The highest BCUT2D eigenvalue weighted by atomic mass is 19.3. The van der Waals surface area contributed by atoms with Gasteiger partial charge in [0.25, 0.3) is 5.91 Å². The fourth-order valence-electron chi connectivity index (χ4n) is 1.80. The first-order valence-electron chi connectivity index (χ1n) is 5.46. The topological polar surface area (TPSA) is 43.1 Å². The Balaban J connectivity index is 2.67. The molecule has 19 heavy (non-hydrogen) atoms. The molecule has 2 nitrogen and oxygen atoms in total. The lowest BCUT2D eigenvalue weighted by Gasteiger charge is -2.17. The van der Waals surface area contributed by atoms with Crippen molar-refractivity contribution in [2.75, 3.05) is 0 Å². The van der Waals surface area contributed by atoms with E-state index in [9.17, 15) is 18.0 Å². The van der Waals surface area contributed by atoms with E-state index in [1.165, 1.54) is 36.4 Å². The SMILES string of the molecule is NC(=O)C(F)(F)c1ccccc1-c1ccccc1F. The first-order chi connectivity index (χ1) is 8.94. The fourth-order valence-corrected chi connectivity index (χ4v) is 1.80. The van der Waals surface area contributed by atoms with Gasteiger partial charge in [0.2, 0.25) is 0 Å². The number of hydrogen-bond acceptors (Lipinski definition) is 1. The summed E-state index contributed by atoms with van der Waals surface area (Å²) >= 11 is 0. The number of primary amides is 1. The normalized spacial score (nSPS) is 11.3. The van der Waals surface area contributed by atoms with Crippen LogP contribution in [0.5, 0.6) is 0 Å². The molecule has 0 radical (unpaired) electrons. The highest BCUT2D eigenvalue weighted by Gasteiger charge is 2.40. The molecule has 0 bridgehead atoms. The van der Waals surface area contributed by atoms with Crippen LogP contribution in [-0.4, -0.2) is 5.91 Å². The van der Waals surface area contributed by atoms with Gasteiger partial charge < -0.3 is 5.73 Å². The van der Waals surface area contributed by atoms with Gasteiger partial charge in [-0.05, 0) is 11.6 Å². The minimum atomic E-state index is -3.85. The summed E-state index contributed by atoms with van der Waals surface area (Å²) in [6.45, 7) is 0. The molecule has 0 aliphatic carbocycles. The maximum atomic E-state index is 13.8. The van der Waals surface area contributed by atoms with Crippen molar-refractivity contribution in [1.29, 1.82) is 0 Å². The van der Waals surface area contributed by atoms with E-state index in [0.29, 0.717) is 0 Å². The predicted molar refractivity (Wildman–Crippen MR) is 64.9 cm³/mol. The van der Waals surface area contributed by atoms with Crippen molar-refractivity contribution >= 4 is 5.91 Å². The van der Waals surface area contributed by atoms with E-state index in [2.05, 4.69) is 0 Å². The Morgan fingerprint density at radius 3 is 2.05 bits per heavy atom. The van der Waals surface area contributed by atoms with Crippen LogP contribution in [0.3, 0.4) is 0 Å². The Kier molecular flexibility index (Phi) is 3.29. The third kappa shape index (κ3) is 2.31. The van der Waals surface area contributed by atoms with Crippen LogP contribution in [0.1, 0.15) is 5.56 Å². The number of nitrogens with two attached hydrogens (primary N) is 1. The number of carbonyl (C=O) groups excluding carboxylic acids is 1. The van der Waals surface area contributed by atoms with Crippen LogP contribution in [0.4, 0.5) is 13.2 Å². The second-order valence-corrected chi connectivity index (χ2v) is 3.96. The van der Waals surface area contributed by atoms with Crippen molar-refractivity contribution in [3.8, 4) is 11.1 Å². The Morgan fingerprint density at radius 2 is 1.47 bits per heavy atom. The van der Waals surface area contributed by atoms with Gasteiger partial charge in [-0.2, -0.15) is 8.78 Å². The molecule has 0 aliphatic rings. The van der Waals surface area contributed by atoms with Gasteiger partial charge in [0.15, 0.2) is 0 Å². The molecule has 0 saturated carbocycles. The molecule has 0 saturated heterocycles. The van der Waals surface area contributed by atoms with E-state index < -0.39 is 23.2 Å². The third-order valence-corrected chi connectivity index (χ3v) is 2.74. The van der Waals surface area contributed by atoms with E-state index in [1.807, 2.05) is 0 Å². The molecule has 5 heteroatoms. The van der Waals surface area contributed by atoms with E-state index >= 15 is 0 Å². The zero-order valence-electron chi connectivity index (χ0n) is 9.74. The van der Waals surface area contributed by atoms with Gasteiger partial charge in [-0.3, -0.25) is 4.79 Å². The number of halogens is 3. The van der Waals surface area contributed by atoms with E-state index in [-0.39, 0.29) is 11.1 Å². The van der Waals surface area contributed by atoms with Crippen LogP contribution in [0.25, 0.3) is 11.1 Å². The molecule has 0 atom stereocenters. The number of carbonyl (C=O) groups is 1. The second-order valence-electron chi connectivity index (χ2n) is 3.96. The first-order valence-corrected chi connectivity index (χ1v) is 5.46. The Labute approximate surface area is 107 Å². The molecule has 2 aromatic carbocycles. The molecule has 98 valence electrons. The average Bonchev–Trinajstić information content (AvgIpc) is 2.39. The number of alkyl halides is 2. The quantitative estimate of drug-likeness (QED) is 0.910. The van der Waals surface area contributed by atoms with Gasteiger partial charge in [0.1, 0.15) is 5.82 Å². The molecule has 2 aromatic rings. The average molecular weight is 265 g/mol. The zero-order valence-corrected chi connectivity index (χ0v) is 9.74. The number of benzene rings is 2. The molecular weight excluding hydrogens is 255 g/mol. The van der Waals surface area contributed by atoms with Crippen molar-refractivity contribution in [3.05, 3.63) is 59.9 Å². The van der Waals surface area contributed by atoms with Crippen LogP contribution < -0.4 is 5.73 Å². The van der Waals surface area contributed by atoms with Gasteiger partial charge >= 0.3 is 5.92 Å². The summed E-state index contributed by atoms with van der Waals surface area (Å²) < 4.78 is 41.2. The maximum Gasteiger partial charge on any atom is 0.350 e. The number of rotatable bonds is 3. The summed E-state index contributed by atoms with van der Waals surface area (Å²) in [6.07, 6.45) is 0. The first kappa shape index (κ1) is 13.1. The molecule has 0 heterocycles. The minimum absolute atomic E-state index is 0.000903. The minimum Gasteiger partial charge on any atom is -0.364 e. The lowest BCUT2D eigenvalue weighted by Crippen LogP contribution is -2.33. The highest BCUT2D eigenvalue weighted by molar-refractivity contribution is 5.86. The zero-order chi connectivity index (χ0) is 14.0. The van der Waals surface area contributed by atoms with Crippen molar-refractivity contribution in [1.82, 2.24) is 0 Å². The van der Waals surface area contributed by atoms with E-state index in [1.54, 1.807) is 0 Å². The molecule has 2 rings (SSSR count). The van der Waals surface area contributed by atoms with Crippen molar-refractivity contribution in [2.45, 2.75) is 5.92 Å². The van der Waals surface area contributed by atoms with E-state index in [0.717, 1.165) is 12.1 Å². The number of hydrogen-bond donors (Lipinski definition) is 1. The largest absolute Gasteiger partial charge is 0.364 e. The van der Waals surface area contributed by atoms with Crippen LogP contribution >= 0.6 is 0 Å². The summed E-state index contributed by atoms with van der Waals surface area (Å²) in [5.41, 5.74) is 4.05. The highest BCUT2D eigenvalue weighted by Crippen LogP contribution is 2.36. The molecule has 0 fully saturated rings.